The lowest BCUT2D eigenvalue weighted by Crippen LogP contribution is -2.33. The maximum atomic E-state index is 13.8. The van der Waals surface area contributed by atoms with Gasteiger partial charge in [-0.25, -0.2) is 9.37 Å². The SMILES string of the molecule is CC.Cc1ccc(F)cc1C[C@H](C)Nc1cc[nH]c(=O)c1-c1nc2cc3c(cc2[nH]1)CN(CCN1CCCC1)C3=O. The molecule has 0 aliphatic carbocycles. The van der Waals surface area contributed by atoms with Gasteiger partial charge in [0.25, 0.3) is 11.5 Å². The first kappa shape index (κ1) is 28.5. The van der Waals surface area contributed by atoms with Crippen LogP contribution in [-0.4, -0.2) is 62.9 Å². The lowest BCUT2D eigenvalue weighted by molar-refractivity contribution is 0.0763. The van der Waals surface area contributed by atoms with Crippen molar-refractivity contribution in [2.75, 3.05) is 31.5 Å². The lowest BCUT2D eigenvalue weighted by Gasteiger charge is -2.20. The number of nitrogens with one attached hydrogen (secondary N) is 3. The smallest absolute Gasteiger partial charge is 0.261 e. The fourth-order valence-corrected chi connectivity index (χ4v) is 5.79. The second-order valence-electron chi connectivity index (χ2n) is 10.8. The zero-order chi connectivity index (χ0) is 29.1. The van der Waals surface area contributed by atoms with Gasteiger partial charge in [-0.2, -0.15) is 0 Å². The van der Waals surface area contributed by atoms with Crippen molar-refractivity contribution in [2.24, 2.45) is 0 Å². The molecule has 216 valence electrons. The molecule has 1 amide bonds. The van der Waals surface area contributed by atoms with Crippen LogP contribution in [0.4, 0.5) is 10.1 Å². The molecule has 4 aromatic rings. The standard InChI is InChI=1S/C30H33FN6O2.C2H6/c1-18-5-6-22(31)14-20(18)13-19(2)33-24-7-8-32-29(38)27(24)28-34-25-15-21-17-37(12-11-36-9-3-4-10-36)30(39)23(21)16-26(25)35-28;1-2/h5-8,14-16,19H,3-4,9-13,17H2,1-2H3,(H,34,35)(H2,32,33,38);1-2H3/t19-;/m0./s1. The molecule has 8 nitrogen and oxygen atoms in total. The third kappa shape index (κ3) is 6.05. The predicted octanol–water partition coefficient (Wildman–Crippen LogP) is 5.49. The quantitative estimate of drug-likeness (QED) is 0.266. The monoisotopic (exact) mass is 558 g/mol. The summed E-state index contributed by atoms with van der Waals surface area (Å²) < 4.78 is 13.8. The van der Waals surface area contributed by atoms with E-state index < -0.39 is 0 Å². The summed E-state index contributed by atoms with van der Waals surface area (Å²) in [5.41, 5.74) is 5.79. The summed E-state index contributed by atoms with van der Waals surface area (Å²) in [7, 11) is 0. The average Bonchev–Trinajstić information content (AvgIpc) is 3.69. The van der Waals surface area contributed by atoms with E-state index in [2.05, 4.69) is 20.2 Å². The summed E-state index contributed by atoms with van der Waals surface area (Å²) in [5, 5.41) is 3.42. The van der Waals surface area contributed by atoms with Crippen molar-refractivity contribution >= 4 is 22.6 Å². The summed E-state index contributed by atoms with van der Waals surface area (Å²) in [5.74, 6) is 0.213. The number of pyridine rings is 1. The molecule has 1 atom stereocenters. The largest absolute Gasteiger partial charge is 0.381 e. The number of rotatable bonds is 8. The summed E-state index contributed by atoms with van der Waals surface area (Å²) in [4.78, 5) is 41.2. The number of carbonyl (C=O) groups is 1. The van der Waals surface area contributed by atoms with Crippen LogP contribution in [0.2, 0.25) is 0 Å². The van der Waals surface area contributed by atoms with E-state index in [1.165, 1.54) is 18.9 Å². The van der Waals surface area contributed by atoms with E-state index in [0.29, 0.717) is 41.1 Å². The highest BCUT2D eigenvalue weighted by molar-refractivity contribution is 6.02. The summed E-state index contributed by atoms with van der Waals surface area (Å²) in [6.45, 7) is 12.4. The molecule has 4 heterocycles. The number of anilines is 1. The van der Waals surface area contributed by atoms with Crippen LogP contribution < -0.4 is 10.9 Å². The molecule has 0 radical (unpaired) electrons. The van der Waals surface area contributed by atoms with Gasteiger partial charge in [-0.15, -0.1) is 0 Å². The van der Waals surface area contributed by atoms with Crippen molar-refractivity contribution in [3.63, 3.8) is 0 Å². The number of aromatic amines is 2. The van der Waals surface area contributed by atoms with Gasteiger partial charge in [-0.3, -0.25) is 9.59 Å². The molecule has 41 heavy (non-hydrogen) atoms. The van der Waals surface area contributed by atoms with Gasteiger partial charge in [0.1, 0.15) is 17.2 Å². The summed E-state index contributed by atoms with van der Waals surface area (Å²) >= 11 is 0. The van der Waals surface area contributed by atoms with Gasteiger partial charge in [0.2, 0.25) is 0 Å². The molecule has 0 unspecified atom stereocenters. The molecule has 2 aliphatic heterocycles. The van der Waals surface area contributed by atoms with Crippen LogP contribution in [0.1, 0.15) is 60.7 Å². The van der Waals surface area contributed by atoms with E-state index in [1.54, 1.807) is 24.4 Å². The number of aryl methyl sites for hydroxylation is 1. The Morgan fingerprint density at radius 3 is 2.63 bits per heavy atom. The highest BCUT2D eigenvalue weighted by Crippen LogP contribution is 2.30. The van der Waals surface area contributed by atoms with Gasteiger partial charge in [0, 0.05) is 37.4 Å². The van der Waals surface area contributed by atoms with Crippen LogP contribution in [0.15, 0.2) is 47.4 Å². The molecule has 2 aromatic carbocycles. The number of halogens is 1. The minimum Gasteiger partial charge on any atom is -0.381 e. The number of imidazole rings is 1. The minimum atomic E-state index is -0.273. The Kier molecular flexibility index (Phi) is 8.54. The van der Waals surface area contributed by atoms with Gasteiger partial charge < -0.3 is 25.1 Å². The van der Waals surface area contributed by atoms with E-state index in [0.717, 1.165) is 48.4 Å². The second-order valence-corrected chi connectivity index (χ2v) is 10.8. The molecule has 0 spiro atoms. The molecular weight excluding hydrogens is 519 g/mol. The zero-order valence-corrected chi connectivity index (χ0v) is 24.3. The molecule has 6 rings (SSSR count). The summed E-state index contributed by atoms with van der Waals surface area (Å²) in [6.07, 6.45) is 4.67. The first-order valence-electron chi connectivity index (χ1n) is 14.6. The molecular formula is C32H39FN6O2. The van der Waals surface area contributed by atoms with E-state index in [-0.39, 0.29) is 23.3 Å². The van der Waals surface area contributed by atoms with Crippen LogP contribution >= 0.6 is 0 Å². The van der Waals surface area contributed by atoms with Gasteiger partial charge in [-0.1, -0.05) is 19.9 Å². The Hall–Kier alpha value is -3.98. The molecule has 3 N–H and O–H groups in total. The van der Waals surface area contributed by atoms with Gasteiger partial charge in [0.05, 0.1) is 16.7 Å². The normalized spacial score (nSPS) is 15.6. The van der Waals surface area contributed by atoms with E-state index in [9.17, 15) is 14.0 Å². The number of hydrogen-bond acceptors (Lipinski definition) is 5. The molecule has 1 fully saturated rings. The highest BCUT2D eigenvalue weighted by Gasteiger charge is 2.29. The molecule has 1 saturated heterocycles. The Morgan fingerprint density at radius 2 is 1.85 bits per heavy atom. The number of hydrogen-bond donors (Lipinski definition) is 3. The summed E-state index contributed by atoms with van der Waals surface area (Å²) in [6, 6.07) is 10.3. The van der Waals surface area contributed by atoms with Crippen LogP contribution in [0.25, 0.3) is 22.4 Å². The maximum absolute atomic E-state index is 13.8. The number of nitrogens with zero attached hydrogens (tertiary/aromatic N) is 3. The Morgan fingerprint density at radius 1 is 1.07 bits per heavy atom. The fraction of sp³-hybridized carbons (Fsp3) is 0.406. The number of likely N-dealkylation sites (tertiary alicyclic amines) is 1. The predicted molar refractivity (Wildman–Crippen MR) is 162 cm³/mol. The third-order valence-corrected chi connectivity index (χ3v) is 7.91. The molecule has 0 bridgehead atoms. The number of H-pyrrole nitrogens is 2. The Labute approximate surface area is 240 Å². The van der Waals surface area contributed by atoms with Crippen LogP contribution in [-0.2, 0) is 13.0 Å². The maximum Gasteiger partial charge on any atom is 0.261 e. The number of aromatic nitrogens is 3. The van der Waals surface area contributed by atoms with E-state index in [4.69, 9.17) is 4.98 Å². The Balaban J connectivity index is 0.00000165. The minimum absolute atomic E-state index is 0.0389. The fourth-order valence-electron chi connectivity index (χ4n) is 5.79. The zero-order valence-electron chi connectivity index (χ0n) is 24.3. The number of amides is 1. The van der Waals surface area contributed by atoms with Crippen molar-refractivity contribution in [1.82, 2.24) is 24.8 Å². The van der Waals surface area contributed by atoms with Crippen molar-refractivity contribution < 1.29 is 9.18 Å². The number of carbonyl (C=O) groups excluding carboxylic acids is 1. The molecule has 2 aliphatic rings. The molecule has 9 heteroatoms. The van der Waals surface area contributed by atoms with Crippen molar-refractivity contribution in [3.8, 4) is 11.4 Å². The average molecular weight is 559 g/mol. The van der Waals surface area contributed by atoms with Crippen LogP contribution in [0.5, 0.6) is 0 Å². The highest BCUT2D eigenvalue weighted by atomic mass is 19.1. The van der Waals surface area contributed by atoms with Crippen molar-refractivity contribution in [1.29, 1.82) is 0 Å². The van der Waals surface area contributed by atoms with E-state index >= 15 is 0 Å². The lowest BCUT2D eigenvalue weighted by atomic mass is 10.0. The van der Waals surface area contributed by atoms with Crippen LogP contribution in [0.3, 0.4) is 0 Å². The Bertz CT molecular complexity index is 1600. The van der Waals surface area contributed by atoms with Gasteiger partial charge in [-0.05, 0) is 93.2 Å². The number of fused-ring (bicyclic) bond motifs is 2. The first-order valence-corrected chi connectivity index (χ1v) is 14.6. The van der Waals surface area contributed by atoms with Crippen molar-refractivity contribution in [2.45, 2.75) is 59.5 Å². The topological polar surface area (TPSA) is 97.1 Å². The van der Waals surface area contributed by atoms with E-state index in [1.807, 2.05) is 44.7 Å². The molecule has 0 saturated carbocycles. The second kappa shape index (κ2) is 12.3. The van der Waals surface area contributed by atoms with Crippen molar-refractivity contribution in [3.05, 3.63) is 81.0 Å². The van der Waals surface area contributed by atoms with Gasteiger partial charge in [0.15, 0.2) is 0 Å². The van der Waals surface area contributed by atoms with Crippen LogP contribution in [0, 0.1) is 12.7 Å². The van der Waals surface area contributed by atoms with Gasteiger partial charge >= 0.3 is 0 Å². The third-order valence-electron chi connectivity index (χ3n) is 7.91. The number of benzene rings is 2. The first-order chi connectivity index (χ1) is 19.9. The molecule has 2 aromatic heterocycles.